The van der Waals surface area contributed by atoms with Crippen molar-refractivity contribution in [3.63, 3.8) is 0 Å². The standard InChI is InChI=1S/C14H17N3O3S/c1-17-13(10-4-6-11(19-2)7-5-10)15-16-14(17)21-9-8-12(18)20-3/h4-7H,8-9H2,1-3H3. The quantitative estimate of drug-likeness (QED) is 0.602. The van der Waals surface area contributed by atoms with Crippen LogP contribution in [0.3, 0.4) is 0 Å². The molecule has 2 rings (SSSR count). The molecule has 0 N–H and O–H groups in total. The fourth-order valence-electron chi connectivity index (χ4n) is 1.76. The van der Waals surface area contributed by atoms with Crippen molar-refractivity contribution in [2.24, 2.45) is 7.05 Å². The van der Waals surface area contributed by atoms with Crippen LogP contribution in [0.25, 0.3) is 11.4 Å². The average Bonchev–Trinajstić information content (AvgIpc) is 2.88. The van der Waals surface area contributed by atoms with E-state index in [1.807, 2.05) is 35.9 Å². The molecule has 112 valence electrons. The number of nitrogens with zero attached hydrogens (tertiary/aromatic N) is 3. The van der Waals surface area contributed by atoms with E-state index in [2.05, 4.69) is 14.9 Å². The minimum Gasteiger partial charge on any atom is -0.497 e. The third kappa shape index (κ3) is 3.75. The van der Waals surface area contributed by atoms with Crippen LogP contribution in [-0.4, -0.2) is 40.7 Å². The molecular weight excluding hydrogens is 290 g/mol. The minimum absolute atomic E-state index is 0.222. The van der Waals surface area contributed by atoms with Crippen LogP contribution in [0.15, 0.2) is 29.4 Å². The van der Waals surface area contributed by atoms with Crippen molar-refractivity contribution in [3.05, 3.63) is 24.3 Å². The van der Waals surface area contributed by atoms with Crippen LogP contribution in [0.1, 0.15) is 6.42 Å². The zero-order chi connectivity index (χ0) is 15.2. The van der Waals surface area contributed by atoms with Crippen LogP contribution >= 0.6 is 11.8 Å². The third-order valence-corrected chi connectivity index (χ3v) is 3.97. The number of aromatic nitrogens is 3. The Morgan fingerprint density at radius 1 is 1.24 bits per heavy atom. The molecule has 1 aromatic heterocycles. The Labute approximate surface area is 127 Å². The summed E-state index contributed by atoms with van der Waals surface area (Å²) in [5.74, 6) is 1.97. The van der Waals surface area contributed by atoms with E-state index in [0.29, 0.717) is 12.2 Å². The summed E-state index contributed by atoms with van der Waals surface area (Å²) in [5.41, 5.74) is 0.964. The lowest BCUT2D eigenvalue weighted by molar-refractivity contribution is -0.140. The van der Waals surface area contributed by atoms with Gasteiger partial charge < -0.3 is 14.0 Å². The molecule has 0 radical (unpaired) electrons. The summed E-state index contributed by atoms with van der Waals surface area (Å²) in [4.78, 5) is 11.1. The van der Waals surface area contributed by atoms with Crippen LogP contribution in [0.5, 0.6) is 5.75 Å². The Kier molecular flexibility index (Phi) is 5.21. The lowest BCUT2D eigenvalue weighted by Gasteiger charge is -2.04. The molecule has 0 aliphatic rings. The summed E-state index contributed by atoms with van der Waals surface area (Å²) in [5, 5.41) is 9.11. The number of carbonyl (C=O) groups is 1. The third-order valence-electron chi connectivity index (χ3n) is 2.95. The maximum atomic E-state index is 11.1. The summed E-state index contributed by atoms with van der Waals surface area (Å²) >= 11 is 1.48. The number of ether oxygens (including phenoxy) is 2. The molecule has 21 heavy (non-hydrogen) atoms. The molecule has 1 heterocycles. The van der Waals surface area contributed by atoms with Gasteiger partial charge in [0.25, 0.3) is 0 Å². The van der Waals surface area contributed by atoms with E-state index >= 15 is 0 Å². The molecule has 0 atom stereocenters. The highest BCUT2D eigenvalue weighted by Crippen LogP contribution is 2.24. The van der Waals surface area contributed by atoms with E-state index in [4.69, 9.17) is 4.74 Å². The SMILES string of the molecule is COC(=O)CCSc1nnc(-c2ccc(OC)cc2)n1C. The van der Waals surface area contributed by atoms with Crippen molar-refractivity contribution in [2.75, 3.05) is 20.0 Å². The molecule has 0 amide bonds. The Morgan fingerprint density at radius 3 is 2.57 bits per heavy atom. The van der Waals surface area contributed by atoms with Gasteiger partial charge in [0.15, 0.2) is 11.0 Å². The molecular formula is C14H17N3O3S. The highest BCUT2D eigenvalue weighted by molar-refractivity contribution is 7.99. The number of hydrogen-bond donors (Lipinski definition) is 0. The molecule has 0 fully saturated rings. The lowest BCUT2D eigenvalue weighted by Crippen LogP contribution is -2.02. The van der Waals surface area contributed by atoms with E-state index in [-0.39, 0.29) is 5.97 Å². The van der Waals surface area contributed by atoms with Gasteiger partial charge in [0.05, 0.1) is 20.6 Å². The number of esters is 1. The van der Waals surface area contributed by atoms with Crippen molar-refractivity contribution in [3.8, 4) is 17.1 Å². The van der Waals surface area contributed by atoms with Gasteiger partial charge in [-0.1, -0.05) is 11.8 Å². The summed E-state index contributed by atoms with van der Waals surface area (Å²) in [6, 6.07) is 7.64. The number of methoxy groups -OCH3 is 2. The molecule has 6 nitrogen and oxygen atoms in total. The first kappa shape index (κ1) is 15.4. The number of carbonyl (C=O) groups excluding carboxylic acids is 1. The van der Waals surface area contributed by atoms with Gasteiger partial charge in [-0.2, -0.15) is 0 Å². The molecule has 0 saturated heterocycles. The van der Waals surface area contributed by atoms with Crippen molar-refractivity contribution >= 4 is 17.7 Å². The number of hydrogen-bond acceptors (Lipinski definition) is 6. The second kappa shape index (κ2) is 7.12. The highest BCUT2D eigenvalue weighted by atomic mass is 32.2. The van der Waals surface area contributed by atoms with Gasteiger partial charge in [-0.3, -0.25) is 4.79 Å². The van der Waals surface area contributed by atoms with Crippen molar-refractivity contribution in [1.82, 2.24) is 14.8 Å². The number of thioether (sulfide) groups is 1. The van der Waals surface area contributed by atoms with Crippen LogP contribution in [0.4, 0.5) is 0 Å². The van der Waals surface area contributed by atoms with Crippen LogP contribution in [0, 0.1) is 0 Å². The maximum absolute atomic E-state index is 11.1. The molecule has 0 spiro atoms. The molecule has 1 aromatic carbocycles. The van der Waals surface area contributed by atoms with Crippen molar-refractivity contribution < 1.29 is 14.3 Å². The molecule has 7 heteroatoms. The van der Waals surface area contributed by atoms with E-state index in [9.17, 15) is 4.79 Å². The first-order valence-electron chi connectivity index (χ1n) is 6.39. The van der Waals surface area contributed by atoms with Crippen molar-refractivity contribution in [2.45, 2.75) is 11.6 Å². The fourth-order valence-corrected chi connectivity index (χ4v) is 2.59. The largest absolute Gasteiger partial charge is 0.497 e. The highest BCUT2D eigenvalue weighted by Gasteiger charge is 2.12. The normalized spacial score (nSPS) is 10.4. The monoisotopic (exact) mass is 307 g/mol. The average molecular weight is 307 g/mol. The molecule has 0 bridgehead atoms. The van der Waals surface area contributed by atoms with Gasteiger partial charge >= 0.3 is 5.97 Å². The number of rotatable bonds is 6. The van der Waals surface area contributed by atoms with Gasteiger partial charge in [0.2, 0.25) is 0 Å². The zero-order valence-electron chi connectivity index (χ0n) is 12.2. The van der Waals surface area contributed by atoms with Crippen molar-refractivity contribution in [1.29, 1.82) is 0 Å². The number of benzene rings is 1. The maximum Gasteiger partial charge on any atom is 0.306 e. The molecule has 0 aliphatic carbocycles. The van der Waals surface area contributed by atoms with E-state index in [0.717, 1.165) is 22.3 Å². The summed E-state index contributed by atoms with van der Waals surface area (Å²) < 4.78 is 11.7. The van der Waals surface area contributed by atoms with Gasteiger partial charge in [-0.05, 0) is 24.3 Å². The summed E-state index contributed by atoms with van der Waals surface area (Å²) in [6.45, 7) is 0. The smallest absolute Gasteiger partial charge is 0.306 e. The van der Waals surface area contributed by atoms with Gasteiger partial charge in [-0.15, -0.1) is 10.2 Å². The topological polar surface area (TPSA) is 66.2 Å². The first-order valence-corrected chi connectivity index (χ1v) is 7.37. The predicted molar refractivity (Wildman–Crippen MR) is 80.3 cm³/mol. The predicted octanol–water partition coefficient (Wildman–Crippen LogP) is 2.15. The van der Waals surface area contributed by atoms with Gasteiger partial charge in [-0.25, -0.2) is 0 Å². The van der Waals surface area contributed by atoms with Gasteiger partial charge in [0.1, 0.15) is 5.75 Å². The first-order chi connectivity index (χ1) is 10.2. The molecule has 0 unspecified atom stereocenters. The van der Waals surface area contributed by atoms with Crippen LogP contribution < -0.4 is 4.74 Å². The summed E-state index contributed by atoms with van der Waals surface area (Å²) in [7, 11) is 4.92. The second-order valence-corrected chi connectivity index (χ2v) is 5.33. The zero-order valence-corrected chi connectivity index (χ0v) is 13.0. The molecule has 0 saturated carbocycles. The van der Waals surface area contributed by atoms with Crippen LogP contribution in [-0.2, 0) is 16.6 Å². The fraction of sp³-hybridized carbons (Fsp3) is 0.357. The molecule has 0 aliphatic heterocycles. The summed E-state index contributed by atoms with van der Waals surface area (Å²) in [6.07, 6.45) is 0.353. The Morgan fingerprint density at radius 2 is 1.95 bits per heavy atom. The van der Waals surface area contributed by atoms with Crippen LogP contribution in [0.2, 0.25) is 0 Å². The Hall–Kier alpha value is -2.02. The van der Waals surface area contributed by atoms with E-state index in [1.54, 1.807) is 7.11 Å². The molecule has 2 aromatic rings. The second-order valence-electron chi connectivity index (χ2n) is 4.27. The Bertz CT molecular complexity index is 610. The Balaban J connectivity index is 2.07. The minimum atomic E-state index is -0.222. The van der Waals surface area contributed by atoms with Gasteiger partial charge in [0, 0.05) is 18.4 Å². The lowest BCUT2D eigenvalue weighted by atomic mass is 10.2. The van der Waals surface area contributed by atoms with E-state index < -0.39 is 0 Å². The van der Waals surface area contributed by atoms with E-state index in [1.165, 1.54) is 18.9 Å².